The molecule has 0 aromatic heterocycles. The maximum Gasteiger partial charge on any atom is 0.466 e. The smallest absolute Gasteiger partial charge is 0.433 e. The molecule has 0 saturated carbocycles. The van der Waals surface area contributed by atoms with Gasteiger partial charge in [0.2, 0.25) is 6.29 Å². The van der Waals surface area contributed by atoms with Crippen LogP contribution in [0, 0.1) is 0 Å². The van der Waals surface area contributed by atoms with Crippen molar-refractivity contribution in [3.8, 4) is 0 Å². The quantitative estimate of drug-likeness (QED) is 0.127. The van der Waals surface area contributed by atoms with E-state index in [0.29, 0.717) is 6.42 Å². The largest absolute Gasteiger partial charge is 0.466 e. The van der Waals surface area contributed by atoms with Gasteiger partial charge in [0.15, 0.2) is 0 Å². The van der Waals surface area contributed by atoms with Gasteiger partial charge >= 0.3 is 13.8 Å². The third-order valence-electron chi connectivity index (χ3n) is 1.19. The van der Waals surface area contributed by atoms with E-state index >= 15 is 0 Å². The molecule has 0 fully saturated rings. The SMILES string of the molecule is C=CC(=O)OC(O)CC.O=P(O)(O)O.OCC(O)CO. The highest BCUT2D eigenvalue weighted by molar-refractivity contribution is 7.45. The number of rotatable bonds is 5. The molecule has 0 bridgehead atoms. The zero-order valence-corrected chi connectivity index (χ0v) is 11.8. The Kier molecular flexibility index (Phi) is 17.6. The van der Waals surface area contributed by atoms with Crippen LogP contribution < -0.4 is 0 Å². The zero-order chi connectivity index (χ0) is 16.8. The highest BCUT2D eigenvalue weighted by Gasteiger charge is 2.03. The average molecular weight is 320 g/mol. The highest BCUT2D eigenvalue weighted by atomic mass is 31.2. The second-order valence-corrected chi connectivity index (χ2v) is 4.06. The summed E-state index contributed by atoms with van der Waals surface area (Å²) >= 11 is 0. The van der Waals surface area contributed by atoms with E-state index in [1.807, 2.05) is 0 Å². The van der Waals surface area contributed by atoms with Gasteiger partial charge in [-0.1, -0.05) is 13.5 Å². The summed E-state index contributed by atoms with van der Waals surface area (Å²) in [7, 11) is -4.64. The molecule has 1 atom stereocenters. The first-order valence-corrected chi connectivity index (χ1v) is 6.77. The van der Waals surface area contributed by atoms with Crippen LogP contribution in [0.5, 0.6) is 0 Å². The van der Waals surface area contributed by atoms with Crippen LogP contribution in [-0.2, 0) is 14.1 Å². The molecule has 0 saturated heterocycles. The van der Waals surface area contributed by atoms with E-state index in [1.165, 1.54) is 0 Å². The first-order chi connectivity index (χ1) is 9.01. The van der Waals surface area contributed by atoms with Crippen LogP contribution in [-0.4, -0.2) is 66.7 Å². The van der Waals surface area contributed by atoms with Crippen molar-refractivity contribution < 1.29 is 49.2 Å². The summed E-state index contributed by atoms with van der Waals surface area (Å²) in [6.45, 7) is 4.14. The average Bonchev–Trinajstić information content (AvgIpc) is 2.36. The van der Waals surface area contributed by atoms with Crippen molar-refractivity contribution in [1.29, 1.82) is 0 Å². The molecular weight excluding hydrogens is 299 g/mol. The van der Waals surface area contributed by atoms with Crippen LogP contribution in [0.3, 0.4) is 0 Å². The molecule has 0 aromatic rings. The second kappa shape index (κ2) is 14.6. The molecule has 0 aliphatic heterocycles. The summed E-state index contributed by atoms with van der Waals surface area (Å²) in [5.41, 5.74) is 0. The normalized spacial score (nSPS) is 11.4. The van der Waals surface area contributed by atoms with E-state index in [9.17, 15) is 4.79 Å². The van der Waals surface area contributed by atoms with Gasteiger partial charge in [-0.05, 0) is 0 Å². The fourth-order valence-electron chi connectivity index (χ4n) is 0.323. The van der Waals surface area contributed by atoms with E-state index < -0.39 is 26.2 Å². The Labute approximate surface area is 115 Å². The maximum absolute atomic E-state index is 10.3. The minimum absolute atomic E-state index is 0.365. The van der Waals surface area contributed by atoms with Crippen LogP contribution in [0.25, 0.3) is 0 Å². The van der Waals surface area contributed by atoms with Gasteiger partial charge in [-0.25, -0.2) is 9.36 Å². The molecule has 11 heteroatoms. The molecule has 0 spiro atoms. The fraction of sp³-hybridized carbons (Fsp3) is 0.667. The van der Waals surface area contributed by atoms with Gasteiger partial charge in [0.25, 0.3) is 0 Å². The van der Waals surface area contributed by atoms with Gasteiger partial charge < -0.3 is 39.8 Å². The number of aliphatic hydroxyl groups excluding tert-OH is 4. The first kappa shape index (κ1) is 24.2. The standard InChI is InChI=1S/C6H10O3.C3H8O3.H3O4P/c1-3-5(7)9-6(8)4-2;4-1-3(6)2-5;1-5(2,3)4/h3,6,8H,1,4H2,2H3;3-6H,1-2H2;(H3,1,2,3,4). The molecule has 7 N–H and O–H groups in total. The molecule has 122 valence electrons. The van der Waals surface area contributed by atoms with Crippen molar-refractivity contribution in [2.75, 3.05) is 13.2 Å². The van der Waals surface area contributed by atoms with Crippen molar-refractivity contribution >= 4 is 13.8 Å². The van der Waals surface area contributed by atoms with Crippen molar-refractivity contribution in [3.63, 3.8) is 0 Å². The lowest BCUT2D eigenvalue weighted by atomic mass is 10.4. The summed E-state index contributed by atoms with van der Waals surface area (Å²) in [5, 5.41) is 32.7. The predicted molar refractivity (Wildman–Crippen MR) is 67.0 cm³/mol. The van der Waals surface area contributed by atoms with E-state index in [2.05, 4.69) is 11.3 Å². The first-order valence-electron chi connectivity index (χ1n) is 5.20. The number of ether oxygens (including phenoxy) is 1. The number of aliphatic hydroxyl groups is 4. The summed E-state index contributed by atoms with van der Waals surface area (Å²) in [6.07, 6.45) is -0.529. The van der Waals surface area contributed by atoms with Crippen molar-refractivity contribution in [2.24, 2.45) is 0 Å². The number of hydrogen-bond acceptors (Lipinski definition) is 7. The third kappa shape index (κ3) is 36.0. The molecule has 10 nitrogen and oxygen atoms in total. The Morgan fingerprint density at radius 2 is 1.60 bits per heavy atom. The van der Waals surface area contributed by atoms with Gasteiger partial charge in [-0.3, -0.25) is 0 Å². The molecule has 0 aliphatic carbocycles. The highest BCUT2D eigenvalue weighted by Crippen LogP contribution is 2.25. The number of phosphoric acid groups is 1. The Hall–Kier alpha value is -0.840. The van der Waals surface area contributed by atoms with Crippen molar-refractivity contribution in [1.82, 2.24) is 0 Å². The Morgan fingerprint density at radius 1 is 1.25 bits per heavy atom. The molecule has 0 amide bonds. The minimum Gasteiger partial charge on any atom is -0.433 e. The van der Waals surface area contributed by atoms with Crippen molar-refractivity contribution in [3.05, 3.63) is 12.7 Å². The molecular formula is C9H21O10P. The van der Waals surface area contributed by atoms with Crippen LogP contribution >= 0.6 is 7.82 Å². The number of carbonyl (C=O) groups excluding carboxylic acids is 1. The monoisotopic (exact) mass is 320 g/mol. The summed E-state index contributed by atoms with van der Waals surface area (Å²) in [4.78, 5) is 31.8. The number of carbonyl (C=O) groups is 1. The molecule has 0 heterocycles. The topological polar surface area (TPSA) is 185 Å². The van der Waals surface area contributed by atoms with E-state index in [-0.39, 0.29) is 13.2 Å². The lowest BCUT2D eigenvalue weighted by Crippen LogP contribution is -2.15. The molecule has 0 aromatic carbocycles. The fourth-order valence-corrected chi connectivity index (χ4v) is 0.323. The molecule has 0 aliphatic rings. The van der Waals surface area contributed by atoms with Crippen LogP contribution in [0.15, 0.2) is 12.7 Å². The lowest BCUT2D eigenvalue weighted by molar-refractivity contribution is -0.161. The number of hydrogen-bond donors (Lipinski definition) is 7. The van der Waals surface area contributed by atoms with Gasteiger partial charge in [0.05, 0.1) is 13.2 Å². The van der Waals surface area contributed by atoms with E-state index in [4.69, 9.17) is 39.7 Å². The molecule has 0 rings (SSSR count). The summed E-state index contributed by atoms with van der Waals surface area (Å²) < 4.78 is 13.2. The van der Waals surface area contributed by atoms with Crippen molar-refractivity contribution in [2.45, 2.75) is 25.7 Å². The Balaban J connectivity index is -0.000000230. The maximum atomic E-state index is 10.3. The Bertz CT molecular complexity index is 276. The minimum atomic E-state index is -4.64. The van der Waals surface area contributed by atoms with Crippen LogP contribution in [0.2, 0.25) is 0 Å². The third-order valence-corrected chi connectivity index (χ3v) is 1.19. The van der Waals surface area contributed by atoms with Gasteiger partial charge in [0.1, 0.15) is 6.10 Å². The van der Waals surface area contributed by atoms with E-state index in [0.717, 1.165) is 6.08 Å². The van der Waals surface area contributed by atoms with Crippen LogP contribution in [0.4, 0.5) is 0 Å². The second-order valence-electron chi connectivity index (χ2n) is 3.04. The van der Waals surface area contributed by atoms with Crippen LogP contribution in [0.1, 0.15) is 13.3 Å². The molecule has 1 unspecified atom stereocenters. The lowest BCUT2D eigenvalue weighted by Gasteiger charge is -2.05. The van der Waals surface area contributed by atoms with Gasteiger partial charge in [-0.2, -0.15) is 0 Å². The Morgan fingerprint density at radius 3 is 1.75 bits per heavy atom. The van der Waals surface area contributed by atoms with E-state index in [1.54, 1.807) is 6.92 Å². The van der Waals surface area contributed by atoms with Gasteiger partial charge in [0, 0.05) is 12.5 Å². The summed E-state index contributed by atoms with van der Waals surface area (Å²) in [6, 6.07) is 0. The molecule has 20 heavy (non-hydrogen) atoms. The molecule has 0 radical (unpaired) electrons. The van der Waals surface area contributed by atoms with Gasteiger partial charge in [-0.15, -0.1) is 0 Å². The predicted octanol–water partition coefficient (Wildman–Crippen LogP) is -2.15. The number of esters is 1. The summed E-state index contributed by atoms with van der Waals surface area (Å²) in [5.74, 6) is -0.593. The zero-order valence-electron chi connectivity index (χ0n) is 10.9.